The summed E-state index contributed by atoms with van der Waals surface area (Å²) in [7, 11) is -5.65. The number of aliphatic hydroxyl groups is 3. The number of azide groups is 2. The molecule has 2 aromatic rings. The van der Waals surface area contributed by atoms with Gasteiger partial charge in [0.25, 0.3) is 5.79 Å². The fourth-order valence-electron chi connectivity index (χ4n) is 4.25. The van der Waals surface area contributed by atoms with Crippen LogP contribution in [-0.4, -0.2) is 64.2 Å². The molecule has 0 bridgehead atoms. The fourth-order valence-corrected chi connectivity index (χ4v) is 5.57. The number of fused-ring (bicyclic) bond motifs is 1. The van der Waals surface area contributed by atoms with Crippen LogP contribution in [0.2, 0.25) is 0 Å². The lowest BCUT2D eigenvalue weighted by Crippen LogP contribution is -2.71. The van der Waals surface area contributed by atoms with Crippen molar-refractivity contribution in [3.63, 3.8) is 0 Å². The number of hydrogen-bond donors (Lipinski definition) is 3. The Bertz CT molecular complexity index is 1810. The molecule has 2 aromatic carbocycles. The molecule has 18 heteroatoms. The van der Waals surface area contributed by atoms with Crippen molar-refractivity contribution in [3.05, 3.63) is 91.8 Å². The molecule has 0 radical (unpaired) electrons. The van der Waals surface area contributed by atoms with Gasteiger partial charge >= 0.3 is 15.9 Å². The molecule has 0 amide bonds. The molecular formula is C23H14N6O11S. The van der Waals surface area contributed by atoms with E-state index in [4.69, 9.17) is 11.1 Å². The first-order valence-electron chi connectivity index (χ1n) is 11.1. The maximum Gasteiger partial charge on any atom is 0.305 e. The second kappa shape index (κ2) is 10.2. The lowest BCUT2D eigenvalue weighted by atomic mass is 9.75. The number of Topliss-reactive ketones (excluding diaryl/α,β-unsaturated/α-hetero) is 5. The van der Waals surface area contributed by atoms with Crippen molar-refractivity contribution in [1.29, 1.82) is 0 Å². The molecule has 4 rings (SSSR count). The van der Waals surface area contributed by atoms with Crippen LogP contribution in [0.25, 0.3) is 26.6 Å². The van der Waals surface area contributed by atoms with Crippen LogP contribution >= 0.6 is 0 Å². The quantitative estimate of drug-likeness (QED) is 0.0601. The largest absolute Gasteiger partial charge is 0.355 e. The monoisotopic (exact) mass is 582 g/mol. The minimum Gasteiger partial charge on any atom is -0.355 e. The van der Waals surface area contributed by atoms with E-state index < -0.39 is 90.4 Å². The molecule has 0 aliphatic heterocycles. The van der Waals surface area contributed by atoms with Gasteiger partial charge in [-0.15, -0.1) is 0 Å². The summed E-state index contributed by atoms with van der Waals surface area (Å²) in [4.78, 5) is 67.2. The fraction of sp³-hybridized carbons (Fsp3) is 0.174. The molecule has 3 N–H and O–H groups in total. The molecule has 1 saturated carbocycles. The van der Waals surface area contributed by atoms with Crippen LogP contribution in [0.5, 0.6) is 0 Å². The summed E-state index contributed by atoms with van der Waals surface area (Å²) in [6.07, 6.45) is -1.20. The third kappa shape index (κ3) is 4.48. The topological polar surface area (TPSA) is 287 Å². The Kier molecular flexibility index (Phi) is 7.17. The van der Waals surface area contributed by atoms with Crippen molar-refractivity contribution in [2.75, 3.05) is 0 Å². The second-order valence-electron chi connectivity index (χ2n) is 8.54. The van der Waals surface area contributed by atoms with Gasteiger partial charge in [0, 0.05) is 32.9 Å². The Morgan fingerprint density at radius 1 is 0.902 bits per heavy atom. The number of rotatable bonds is 7. The van der Waals surface area contributed by atoms with Gasteiger partial charge in [0.1, 0.15) is 4.90 Å². The van der Waals surface area contributed by atoms with E-state index in [1.165, 1.54) is 30.3 Å². The number of nitrogens with zero attached hydrogens (tertiary/aromatic N) is 6. The SMILES string of the molecule is [N-]=[N+]=NC1=C(N=[N+]=[N-])c2c(cccc2S(=O)(=O)OC2(O)C(=O)CC(C(=O)c3ccccc3)C(=O)C2(O)O)C(=O)C1=O. The molecule has 0 aromatic heterocycles. The first-order chi connectivity index (χ1) is 19.2. The zero-order valence-corrected chi connectivity index (χ0v) is 20.9. The van der Waals surface area contributed by atoms with E-state index in [2.05, 4.69) is 24.2 Å². The first kappa shape index (κ1) is 28.9. The van der Waals surface area contributed by atoms with Crippen LogP contribution in [-0.2, 0) is 28.7 Å². The van der Waals surface area contributed by atoms with Crippen LogP contribution in [0.1, 0.15) is 32.7 Å². The molecule has 0 spiro atoms. The number of carbonyl (C=O) groups excluding carboxylic acids is 5. The van der Waals surface area contributed by atoms with Crippen molar-refractivity contribution in [3.8, 4) is 0 Å². The normalized spacial score (nSPS) is 22.0. The molecule has 2 unspecified atom stereocenters. The maximum atomic E-state index is 13.4. The molecule has 2 aliphatic rings. The summed E-state index contributed by atoms with van der Waals surface area (Å²) < 4.78 is 31.3. The number of ketones is 5. The van der Waals surface area contributed by atoms with Gasteiger partial charge in [-0.3, -0.25) is 24.0 Å². The van der Waals surface area contributed by atoms with E-state index in [0.29, 0.717) is 6.07 Å². The third-order valence-electron chi connectivity index (χ3n) is 6.22. The van der Waals surface area contributed by atoms with Crippen molar-refractivity contribution >= 4 is 44.7 Å². The number of allylic oxidation sites excluding steroid dienone is 1. The summed E-state index contributed by atoms with van der Waals surface area (Å²) >= 11 is 0. The summed E-state index contributed by atoms with van der Waals surface area (Å²) in [6, 6.07) is 9.44. The molecule has 17 nitrogen and oxygen atoms in total. The van der Waals surface area contributed by atoms with E-state index in [-0.39, 0.29) is 5.56 Å². The predicted octanol–water partition coefficient (Wildman–Crippen LogP) is 0.857. The molecule has 0 saturated heterocycles. The van der Waals surface area contributed by atoms with Crippen LogP contribution in [0, 0.1) is 5.92 Å². The summed E-state index contributed by atoms with van der Waals surface area (Å²) in [5, 5.41) is 38.1. The molecule has 0 heterocycles. The van der Waals surface area contributed by atoms with Gasteiger partial charge in [0.15, 0.2) is 5.78 Å². The average molecular weight is 582 g/mol. The smallest absolute Gasteiger partial charge is 0.305 e. The Morgan fingerprint density at radius 3 is 2.12 bits per heavy atom. The van der Waals surface area contributed by atoms with Crippen LogP contribution in [0.4, 0.5) is 0 Å². The van der Waals surface area contributed by atoms with Gasteiger partial charge in [-0.2, -0.15) is 8.42 Å². The van der Waals surface area contributed by atoms with E-state index in [9.17, 15) is 47.7 Å². The predicted molar refractivity (Wildman–Crippen MR) is 130 cm³/mol. The summed E-state index contributed by atoms with van der Waals surface area (Å²) in [5.41, 5.74) is 14.1. The zero-order valence-electron chi connectivity index (χ0n) is 20.1. The number of carbonyl (C=O) groups is 5. The van der Waals surface area contributed by atoms with Crippen molar-refractivity contribution in [2.45, 2.75) is 22.9 Å². The molecule has 41 heavy (non-hydrogen) atoms. The zero-order chi connectivity index (χ0) is 30.3. The Morgan fingerprint density at radius 2 is 1.51 bits per heavy atom. The van der Waals surface area contributed by atoms with Gasteiger partial charge in [0.2, 0.25) is 23.1 Å². The van der Waals surface area contributed by atoms with Crippen molar-refractivity contribution in [2.24, 2.45) is 16.1 Å². The Labute approximate surface area is 227 Å². The highest BCUT2D eigenvalue weighted by Gasteiger charge is 2.68. The number of hydrogen-bond acceptors (Lipinski definition) is 13. The highest BCUT2D eigenvalue weighted by Crippen LogP contribution is 2.41. The first-order valence-corrected chi connectivity index (χ1v) is 12.5. The van der Waals surface area contributed by atoms with Crippen LogP contribution in [0.15, 0.2) is 69.4 Å². The molecule has 2 atom stereocenters. The van der Waals surface area contributed by atoms with Gasteiger partial charge in [-0.1, -0.05) is 52.7 Å². The van der Waals surface area contributed by atoms with Crippen LogP contribution in [0.3, 0.4) is 0 Å². The average Bonchev–Trinajstić information content (AvgIpc) is 2.94. The van der Waals surface area contributed by atoms with Crippen molar-refractivity contribution < 1.29 is 51.9 Å². The van der Waals surface area contributed by atoms with E-state index >= 15 is 0 Å². The third-order valence-corrected chi connectivity index (χ3v) is 7.56. The molecular weight excluding hydrogens is 568 g/mol. The molecule has 1 fully saturated rings. The lowest BCUT2D eigenvalue weighted by molar-refractivity contribution is -0.312. The highest BCUT2D eigenvalue weighted by atomic mass is 32.2. The van der Waals surface area contributed by atoms with Gasteiger partial charge in [-0.05, 0) is 17.1 Å². The molecule has 208 valence electrons. The standard InChI is InChI=1S/C23H14N6O11S/c24-28-26-16-15-11(19(32)20(33)17(16)27-29-25)7-4-8-13(15)41(38,39)40-23(37)14(30)9-12(21(34)22(23,35)36)18(31)10-5-2-1-3-6-10/h1-8,12,35-37H,9H2. The van der Waals surface area contributed by atoms with E-state index in [1.807, 2.05) is 0 Å². The maximum absolute atomic E-state index is 13.4. The van der Waals surface area contributed by atoms with Crippen LogP contribution < -0.4 is 0 Å². The molecule has 2 aliphatic carbocycles. The van der Waals surface area contributed by atoms with Gasteiger partial charge < -0.3 is 15.3 Å². The van der Waals surface area contributed by atoms with E-state index in [1.54, 1.807) is 0 Å². The lowest BCUT2D eigenvalue weighted by Gasteiger charge is -2.41. The number of benzene rings is 2. The second-order valence-corrected chi connectivity index (χ2v) is 10.1. The Hall–Kier alpha value is -5.06. The summed E-state index contributed by atoms with van der Waals surface area (Å²) in [6.45, 7) is 0. The Balaban J connectivity index is 1.83. The van der Waals surface area contributed by atoms with Gasteiger partial charge in [-0.25, -0.2) is 4.18 Å². The van der Waals surface area contributed by atoms with E-state index in [0.717, 1.165) is 12.1 Å². The minimum absolute atomic E-state index is 0.100. The minimum atomic E-state index is -5.65. The summed E-state index contributed by atoms with van der Waals surface area (Å²) in [5.74, 6) is -18.1. The van der Waals surface area contributed by atoms with Gasteiger partial charge in [0.05, 0.1) is 17.3 Å². The highest BCUT2D eigenvalue weighted by molar-refractivity contribution is 7.87. The van der Waals surface area contributed by atoms with Crippen molar-refractivity contribution in [1.82, 2.24) is 0 Å².